The van der Waals surface area contributed by atoms with Crippen molar-refractivity contribution in [2.75, 3.05) is 5.32 Å². The second kappa shape index (κ2) is 10.4. The van der Waals surface area contributed by atoms with Crippen molar-refractivity contribution in [3.63, 3.8) is 0 Å². The molecule has 0 aliphatic heterocycles. The van der Waals surface area contributed by atoms with Crippen LogP contribution in [0.4, 0.5) is 10.5 Å². The van der Waals surface area contributed by atoms with Crippen molar-refractivity contribution in [3.8, 4) is 5.75 Å². The fourth-order valence-corrected chi connectivity index (χ4v) is 3.81. The van der Waals surface area contributed by atoms with E-state index < -0.39 is 0 Å². The number of aryl methyl sites for hydroxylation is 1. The van der Waals surface area contributed by atoms with Gasteiger partial charge in [0.2, 0.25) is 0 Å². The number of hydrogen-bond acceptors (Lipinski definition) is 3. The van der Waals surface area contributed by atoms with Crippen LogP contribution in [-0.2, 0) is 6.61 Å². The third kappa shape index (κ3) is 6.18. The van der Waals surface area contributed by atoms with Crippen LogP contribution in [0.3, 0.4) is 0 Å². The van der Waals surface area contributed by atoms with Gasteiger partial charge in [-0.15, -0.1) is 0 Å². The number of carbonyl (C=O) groups is 1. The predicted octanol–water partition coefficient (Wildman–Crippen LogP) is 6.56. The Labute approximate surface area is 192 Å². The largest absolute Gasteiger partial charge is 0.489 e. The Morgan fingerprint density at radius 3 is 2.57 bits per heavy atom. The lowest BCUT2D eigenvalue weighted by atomic mass is 10.1. The summed E-state index contributed by atoms with van der Waals surface area (Å²) in [6.45, 7) is 4.43. The number of urea groups is 1. The van der Waals surface area contributed by atoms with Gasteiger partial charge in [-0.3, -0.25) is 0 Å². The first kappa shape index (κ1) is 22.1. The molecule has 0 unspecified atom stereocenters. The second-order valence-electron chi connectivity index (χ2n) is 6.67. The van der Waals surface area contributed by atoms with Crippen molar-refractivity contribution in [1.82, 2.24) is 5.43 Å². The first-order valence-corrected chi connectivity index (χ1v) is 10.8. The lowest BCUT2D eigenvalue weighted by Crippen LogP contribution is -2.24. The summed E-state index contributed by atoms with van der Waals surface area (Å²) in [7, 11) is 0. The van der Waals surface area contributed by atoms with Crippen molar-refractivity contribution in [1.29, 1.82) is 0 Å². The minimum Gasteiger partial charge on any atom is -0.489 e. The summed E-state index contributed by atoms with van der Waals surface area (Å²) >= 11 is 6.97. The van der Waals surface area contributed by atoms with Gasteiger partial charge in [-0.25, -0.2) is 10.2 Å². The molecule has 3 rings (SSSR count). The van der Waals surface area contributed by atoms with Crippen molar-refractivity contribution in [3.05, 3.63) is 91.9 Å². The molecule has 154 valence electrons. The van der Waals surface area contributed by atoms with E-state index in [1.54, 1.807) is 6.21 Å². The Kier molecular flexibility index (Phi) is 7.65. The van der Waals surface area contributed by atoms with E-state index in [2.05, 4.69) is 47.7 Å². The van der Waals surface area contributed by atoms with Gasteiger partial charge in [-0.05, 0) is 73.0 Å². The third-order valence-corrected chi connectivity index (χ3v) is 5.75. The molecule has 0 bridgehead atoms. The van der Waals surface area contributed by atoms with Crippen LogP contribution in [0.1, 0.15) is 22.3 Å². The number of benzene rings is 3. The number of hydrazone groups is 1. The molecule has 2 amide bonds. The molecule has 3 aromatic rings. The molecular weight excluding hydrogens is 510 g/mol. The molecule has 0 aliphatic carbocycles. The second-order valence-corrected chi connectivity index (χ2v) is 8.44. The number of ether oxygens (including phenoxy) is 1. The Bertz CT molecular complexity index is 1070. The van der Waals surface area contributed by atoms with Gasteiger partial charge in [-0.2, -0.15) is 5.10 Å². The van der Waals surface area contributed by atoms with Gasteiger partial charge in [0.1, 0.15) is 12.4 Å². The Morgan fingerprint density at radius 2 is 1.83 bits per heavy atom. The molecule has 3 aromatic carbocycles. The molecule has 7 heteroatoms. The molecule has 0 saturated carbocycles. The molecule has 0 spiro atoms. The van der Waals surface area contributed by atoms with Crippen LogP contribution in [0.15, 0.2) is 74.7 Å². The molecule has 0 aromatic heterocycles. The number of halogens is 2. The monoisotopic (exact) mass is 529 g/mol. The minimum atomic E-state index is -0.389. The van der Waals surface area contributed by atoms with E-state index in [1.807, 2.05) is 74.5 Å². The fourth-order valence-electron chi connectivity index (χ4n) is 2.65. The zero-order valence-corrected chi connectivity index (χ0v) is 19.7. The summed E-state index contributed by atoms with van der Waals surface area (Å²) in [6.07, 6.45) is 1.58. The van der Waals surface area contributed by atoms with Gasteiger partial charge < -0.3 is 10.1 Å². The maximum Gasteiger partial charge on any atom is 0.339 e. The normalized spacial score (nSPS) is 10.8. The Hall–Kier alpha value is -2.64. The number of carbonyl (C=O) groups excluding carboxylic acids is 1. The number of anilines is 1. The molecular formula is C23H21Br2N3O2. The fraction of sp³-hybridized carbons (Fsp3) is 0.130. The SMILES string of the molecule is Cc1cccc(NC(=O)N/N=C/c2ccc(OCc3ccc(Br)cc3Br)cc2)c1C. The minimum absolute atomic E-state index is 0.389. The van der Waals surface area contributed by atoms with E-state index >= 15 is 0 Å². The Balaban J connectivity index is 1.50. The first-order chi connectivity index (χ1) is 14.4. The number of amides is 2. The van der Waals surface area contributed by atoms with E-state index in [0.29, 0.717) is 6.61 Å². The van der Waals surface area contributed by atoms with Gasteiger partial charge in [0.25, 0.3) is 0 Å². The topological polar surface area (TPSA) is 62.7 Å². The average molecular weight is 531 g/mol. The summed E-state index contributed by atoms with van der Waals surface area (Å²) in [4.78, 5) is 12.0. The third-order valence-electron chi connectivity index (χ3n) is 4.52. The van der Waals surface area contributed by atoms with Crippen LogP contribution in [0, 0.1) is 13.8 Å². The zero-order valence-electron chi connectivity index (χ0n) is 16.6. The molecule has 0 aliphatic rings. The summed E-state index contributed by atoms with van der Waals surface area (Å²) in [5, 5.41) is 6.79. The van der Waals surface area contributed by atoms with E-state index in [4.69, 9.17) is 4.74 Å². The summed E-state index contributed by atoms with van der Waals surface area (Å²) in [5.74, 6) is 0.752. The van der Waals surface area contributed by atoms with Gasteiger partial charge in [-0.1, -0.05) is 50.1 Å². The highest BCUT2D eigenvalue weighted by molar-refractivity contribution is 9.11. The molecule has 0 heterocycles. The number of nitrogens with zero attached hydrogens (tertiary/aromatic N) is 1. The summed E-state index contributed by atoms with van der Waals surface area (Å²) in [5.41, 5.74) is 7.29. The van der Waals surface area contributed by atoms with E-state index in [0.717, 1.165) is 42.6 Å². The lowest BCUT2D eigenvalue weighted by Gasteiger charge is -2.09. The number of nitrogens with one attached hydrogen (secondary N) is 2. The van der Waals surface area contributed by atoms with Gasteiger partial charge in [0.15, 0.2) is 0 Å². The van der Waals surface area contributed by atoms with E-state index in [9.17, 15) is 4.79 Å². The summed E-state index contributed by atoms with van der Waals surface area (Å²) < 4.78 is 7.83. The molecule has 30 heavy (non-hydrogen) atoms. The van der Waals surface area contributed by atoms with Crippen molar-refractivity contribution in [2.24, 2.45) is 5.10 Å². The van der Waals surface area contributed by atoms with Crippen molar-refractivity contribution in [2.45, 2.75) is 20.5 Å². The first-order valence-electron chi connectivity index (χ1n) is 9.25. The van der Waals surface area contributed by atoms with E-state index in [1.165, 1.54) is 0 Å². The standard InChI is InChI=1S/C23H21Br2N3O2/c1-15-4-3-5-22(16(15)2)27-23(29)28-26-13-17-6-10-20(11-7-17)30-14-18-8-9-19(24)12-21(18)25/h3-13H,14H2,1-2H3,(H2,27,28,29)/b26-13+. The highest BCUT2D eigenvalue weighted by Gasteiger charge is 2.05. The van der Waals surface area contributed by atoms with Crippen LogP contribution in [0.2, 0.25) is 0 Å². The van der Waals surface area contributed by atoms with Crippen LogP contribution >= 0.6 is 31.9 Å². The maximum atomic E-state index is 12.0. The van der Waals surface area contributed by atoms with Crippen molar-refractivity contribution >= 4 is 49.8 Å². The molecule has 5 nitrogen and oxygen atoms in total. The molecule has 0 atom stereocenters. The molecule has 2 N–H and O–H groups in total. The highest BCUT2D eigenvalue weighted by Crippen LogP contribution is 2.23. The van der Waals surface area contributed by atoms with Gasteiger partial charge >= 0.3 is 6.03 Å². The quantitative estimate of drug-likeness (QED) is 0.280. The van der Waals surface area contributed by atoms with E-state index in [-0.39, 0.29) is 6.03 Å². The van der Waals surface area contributed by atoms with Crippen molar-refractivity contribution < 1.29 is 9.53 Å². The average Bonchev–Trinajstić information content (AvgIpc) is 2.72. The molecule has 0 radical (unpaired) electrons. The zero-order chi connectivity index (χ0) is 21.5. The predicted molar refractivity (Wildman–Crippen MR) is 128 cm³/mol. The molecule has 0 fully saturated rings. The number of hydrogen-bond donors (Lipinski definition) is 2. The number of rotatable bonds is 6. The molecule has 0 saturated heterocycles. The van der Waals surface area contributed by atoms with Crippen LogP contribution in [0.25, 0.3) is 0 Å². The van der Waals surface area contributed by atoms with Gasteiger partial charge in [0, 0.05) is 20.2 Å². The smallest absolute Gasteiger partial charge is 0.339 e. The lowest BCUT2D eigenvalue weighted by molar-refractivity contribution is 0.252. The van der Waals surface area contributed by atoms with Crippen LogP contribution in [0.5, 0.6) is 5.75 Å². The highest BCUT2D eigenvalue weighted by atomic mass is 79.9. The summed E-state index contributed by atoms with van der Waals surface area (Å²) in [6, 6.07) is 18.8. The van der Waals surface area contributed by atoms with Gasteiger partial charge in [0.05, 0.1) is 6.21 Å². The van der Waals surface area contributed by atoms with Crippen LogP contribution in [-0.4, -0.2) is 12.2 Å². The van der Waals surface area contributed by atoms with Crippen LogP contribution < -0.4 is 15.5 Å². The maximum absolute atomic E-state index is 12.0. The Morgan fingerprint density at radius 1 is 1.07 bits per heavy atom.